The van der Waals surface area contributed by atoms with Crippen LogP contribution in [0.2, 0.25) is 0 Å². The minimum atomic E-state index is -3.56. The Labute approximate surface area is 162 Å². The molecule has 4 rings (SSSR count). The first-order valence-corrected chi connectivity index (χ1v) is 12.1. The molecule has 152 valence electrons. The quantitative estimate of drug-likeness (QED) is 0.767. The van der Waals surface area contributed by atoms with Gasteiger partial charge in [0.15, 0.2) is 0 Å². The van der Waals surface area contributed by atoms with Gasteiger partial charge in [-0.15, -0.1) is 0 Å². The molecule has 0 saturated carbocycles. The van der Waals surface area contributed by atoms with Crippen molar-refractivity contribution >= 4 is 7.36 Å². The van der Waals surface area contributed by atoms with Gasteiger partial charge in [0.1, 0.15) is 0 Å². The number of aliphatic hydroxyl groups is 1. The molecule has 1 aromatic carbocycles. The van der Waals surface area contributed by atoms with Gasteiger partial charge in [0.05, 0.1) is 0 Å². The fourth-order valence-electron chi connectivity index (χ4n) is 5.06. The van der Waals surface area contributed by atoms with E-state index in [1.807, 2.05) is 24.3 Å². The van der Waals surface area contributed by atoms with E-state index in [1.54, 1.807) is 7.11 Å². The Morgan fingerprint density at radius 2 is 1.44 bits per heavy atom. The molecule has 7 heteroatoms. The number of hydrogen-bond donors (Lipinski definition) is 1. The topological polar surface area (TPSA) is 54.4 Å². The van der Waals surface area contributed by atoms with Crippen molar-refractivity contribution in [2.45, 2.75) is 45.6 Å². The molecule has 3 atom stereocenters. The predicted octanol–water partition coefficient (Wildman–Crippen LogP) is 3.63. The van der Waals surface area contributed by atoms with Gasteiger partial charge in [0.2, 0.25) is 0 Å². The zero-order valence-corrected chi connectivity index (χ0v) is 17.9. The Kier molecular flexibility index (Phi) is 4.82. The van der Waals surface area contributed by atoms with Gasteiger partial charge in [-0.3, -0.25) is 0 Å². The molecule has 0 aliphatic carbocycles. The summed E-state index contributed by atoms with van der Waals surface area (Å²) in [5.41, 5.74) is 0.833. The fourth-order valence-corrected chi connectivity index (χ4v) is 11.1. The zero-order valence-electron chi connectivity index (χ0n) is 17.0. The zero-order chi connectivity index (χ0) is 19.4. The summed E-state index contributed by atoms with van der Waals surface area (Å²) in [6, 6.07) is 8.20. The van der Waals surface area contributed by atoms with Gasteiger partial charge in [-0.25, -0.2) is 0 Å². The van der Waals surface area contributed by atoms with Gasteiger partial charge in [0, 0.05) is 0 Å². The third-order valence-corrected chi connectivity index (χ3v) is 11.9. The van der Waals surface area contributed by atoms with Gasteiger partial charge in [-0.05, 0) is 0 Å². The van der Waals surface area contributed by atoms with E-state index in [-0.39, 0.29) is 12.1 Å². The first-order valence-electron chi connectivity index (χ1n) is 10.0. The molecule has 0 radical (unpaired) electrons. The van der Waals surface area contributed by atoms with Gasteiger partial charge < -0.3 is 0 Å². The van der Waals surface area contributed by atoms with E-state index >= 15 is 0 Å². The number of nitrogens with zero attached hydrogens (tertiary/aromatic N) is 2. The number of methoxy groups -OCH3 is 1. The van der Waals surface area contributed by atoms with Gasteiger partial charge in [-0.1, -0.05) is 0 Å². The normalized spacial score (nSPS) is 32.2. The van der Waals surface area contributed by atoms with E-state index < -0.39 is 13.2 Å². The summed E-state index contributed by atoms with van der Waals surface area (Å²) in [6.07, 6.45) is 0. The van der Waals surface area contributed by atoms with Crippen LogP contribution in [0.5, 0.6) is 5.75 Å². The summed E-state index contributed by atoms with van der Waals surface area (Å²) < 4.78 is 23.5. The molecule has 1 spiro atoms. The predicted molar refractivity (Wildman–Crippen MR) is 107 cm³/mol. The maximum atomic E-state index is 11.8. The second-order valence-electron chi connectivity index (χ2n) is 8.62. The minimum absolute atomic E-state index is 0.270. The Morgan fingerprint density at radius 3 is 1.85 bits per heavy atom. The Balaban J connectivity index is 1.82. The number of hydrogen-bond acceptors (Lipinski definition) is 6. The third kappa shape index (κ3) is 2.48. The van der Waals surface area contributed by atoms with Crippen LogP contribution < -0.4 is 4.74 Å². The summed E-state index contributed by atoms with van der Waals surface area (Å²) in [5, 5.41) is 11.8. The first-order chi connectivity index (χ1) is 12.8. The van der Waals surface area contributed by atoms with Crippen molar-refractivity contribution < 1.29 is 18.9 Å². The van der Waals surface area contributed by atoms with E-state index in [4.69, 9.17) is 13.8 Å². The SMILES string of the molecule is COc1ccc([C@@H](O)P234OC[C@H](C(C)C)N2CCN3[C@@H](C(C)C)CO4)cc1. The molecular formula is C20H33N2O4P. The summed E-state index contributed by atoms with van der Waals surface area (Å²) in [5.74, 6) is 0.853. The van der Waals surface area contributed by atoms with E-state index in [9.17, 15) is 5.11 Å². The molecule has 1 aromatic rings. The van der Waals surface area contributed by atoms with Crippen LogP contribution in [-0.2, 0) is 9.05 Å². The van der Waals surface area contributed by atoms with Crippen molar-refractivity contribution in [2.24, 2.45) is 11.8 Å². The van der Waals surface area contributed by atoms with Crippen molar-refractivity contribution in [1.29, 1.82) is 0 Å². The van der Waals surface area contributed by atoms with Crippen molar-refractivity contribution in [3.63, 3.8) is 0 Å². The molecule has 27 heavy (non-hydrogen) atoms. The molecule has 3 heterocycles. The summed E-state index contributed by atoms with van der Waals surface area (Å²) >= 11 is 0. The number of aliphatic hydroxyl groups excluding tert-OH is 1. The van der Waals surface area contributed by atoms with Crippen molar-refractivity contribution in [2.75, 3.05) is 33.4 Å². The van der Waals surface area contributed by atoms with Crippen LogP contribution in [-0.4, -0.2) is 59.9 Å². The average Bonchev–Trinajstić information content (AvgIpc) is 3.26. The molecule has 3 aliphatic heterocycles. The second kappa shape index (κ2) is 6.65. The number of benzene rings is 1. The van der Waals surface area contributed by atoms with Gasteiger partial charge in [0.25, 0.3) is 0 Å². The van der Waals surface area contributed by atoms with Crippen LogP contribution in [0, 0.1) is 11.8 Å². The van der Waals surface area contributed by atoms with E-state index in [1.165, 1.54) is 0 Å². The van der Waals surface area contributed by atoms with Crippen molar-refractivity contribution in [1.82, 2.24) is 9.34 Å². The van der Waals surface area contributed by atoms with Crippen LogP contribution in [0.1, 0.15) is 39.1 Å². The average molecular weight is 396 g/mol. The number of ether oxygens (including phenoxy) is 1. The standard InChI is InChI=1S/C20H33N2O4P/c1-14(2)18-12-25-27(20(23)16-6-8-17(24-5)9-7-16)21(18)10-11-22(27)19(13-26-27)15(3)4/h6-9,14-15,18-20,23H,10-13H2,1-5H3/t18-,19-,20+/m1/s1. The van der Waals surface area contributed by atoms with Gasteiger partial charge >= 0.3 is 162 Å². The molecule has 3 aliphatic rings. The molecule has 1 N–H and O–H groups in total. The molecule has 3 saturated heterocycles. The van der Waals surface area contributed by atoms with E-state index in [0.717, 1.165) is 24.4 Å². The summed E-state index contributed by atoms with van der Waals surface area (Å²) in [4.78, 5) is 0. The Morgan fingerprint density at radius 1 is 0.963 bits per heavy atom. The monoisotopic (exact) mass is 396 g/mol. The van der Waals surface area contributed by atoms with Crippen LogP contribution in [0.4, 0.5) is 0 Å². The van der Waals surface area contributed by atoms with Crippen molar-refractivity contribution in [3.8, 4) is 5.75 Å². The number of rotatable bonds is 5. The van der Waals surface area contributed by atoms with Crippen LogP contribution in [0.25, 0.3) is 0 Å². The molecule has 6 nitrogen and oxygen atoms in total. The maximum absolute atomic E-state index is 11.8. The second-order valence-corrected chi connectivity index (χ2v) is 12.5. The van der Waals surface area contributed by atoms with Crippen LogP contribution >= 0.6 is 7.36 Å². The van der Waals surface area contributed by atoms with Crippen molar-refractivity contribution in [3.05, 3.63) is 29.8 Å². The van der Waals surface area contributed by atoms with E-state index in [0.29, 0.717) is 25.0 Å². The molecule has 0 amide bonds. The molecule has 3 fully saturated rings. The van der Waals surface area contributed by atoms with E-state index in [2.05, 4.69) is 37.0 Å². The Hall–Kier alpha value is -0.750. The first kappa shape index (κ1) is 19.6. The van der Waals surface area contributed by atoms with Crippen LogP contribution in [0.3, 0.4) is 0 Å². The van der Waals surface area contributed by atoms with Gasteiger partial charge in [-0.2, -0.15) is 0 Å². The third-order valence-electron chi connectivity index (χ3n) is 6.62. The molecular weight excluding hydrogens is 363 g/mol. The fraction of sp³-hybridized carbons (Fsp3) is 0.700. The summed E-state index contributed by atoms with van der Waals surface area (Å²) in [6.45, 7) is 11.9. The molecule has 0 bridgehead atoms. The molecule has 0 unspecified atom stereocenters. The Bertz CT molecular complexity index is 664. The molecule has 0 aromatic heterocycles. The van der Waals surface area contributed by atoms with Crippen LogP contribution in [0.15, 0.2) is 24.3 Å². The summed E-state index contributed by atoms with van der Waals surface area (Å²) in [7, 11) is -1.91.